The highest BCUT2D eigenvalue weighted by Gasteiger charge is 2.28. The van der Waals surface area contributed by atoms with Gasteiger partial charge in [-0.05, 0) is 63.4 Å². The summed E-state index contributed by atoms with van der Waals surface area (Å²) in [6.07, 6.45) is 1.74. The molecule has 1 amide bonds. The molecule has 1 N–H and O–H groups in total. The van der Waals surface area contributed by atoms with Crippen LogP contribution in [0.25, 0.3) is 0 Å². The predicted octanol–water partition coefficient (Wildman–Crippen LogP) is 3.29. The Morgan fingerprint density at radius 2 is 1.76 bits per heavy atom. The molecule has 0 saturated carbocycles. The Balaban J connectivity index is 1.67. The van der Waals surface area contributed by atoms with Crippen LogP contribution in [0, 0.1) is 13.8 Å². The van der Waals surface area contributed by atoms with Crippen LogP contribution in [0.15, 0.2) is 47.4 Å². The average molecular weight is 417 g/mol. The van der Waals surface area contributed by atoms with Crippen molar-refractivity contribution in [3.63, 3.8) is 0 Å². The first-order chi connectivity index (χ1) is 13.8. The van der Waals surface area contributed by atoms with E-state index in [1.165, 1.54) is 10.4 Å². The van der Waals surface area contributed by atoms with Crippen molar-refractivity contribution >= 4 is 15.9 Å². The molecule has 1 saturated heterocycles. The zero-order chi connectivity index (χ0) is 21.0. The molecule has 0 aromatic heterocycles. The number of carbonyl (C=O) groups is 1. The number of carbonyl (C=O) groups excluding carboxylic acids is 1. The van der Waals surface area contributed by atoms with E-state index >= 15 is 0 Å². The largest absolute Gasteiger partial charge is 0.491 e. The minimum Gasteiger partial charge on any atom is -0.491 e. The summed E-state index contributed by atoms with van der Waals surface area (Å²) in [5.41, 5.74) is 2.25. The molecule has 29 heavy (non-hydrogen) atoms. The molecule has 1 fully saturated rings. The monoisotopic (exact) mass is 416 g/mol. The van der Waals surface area contributed by atoms with E-state index in [2.05, 4.69) is 5.32 Å². The lowest BCUT2D eigenvalue weighted by molar-refractivity contribution is 0.0926. The number of aryl methyl sites for hydroxylation is 2. The molecular weight excluding hydrogens is 388 g/mol. The van der Waals surface area contributed by atoms with Crippen LogP contribution in [0.3, 0.4) is 0 Å². The first-order valence-electron chi connectivity index (χ1n) is 9.88. The van der Waals surface area contributed by atoms with Crippen LogP contribution >= 0.6 is 0 Å². The van der Waals surface area contributed by atoms with Gasteiger partial charge in [-0.15, -0.1) is 0 Å². The third kappa shape index (κ3) is 5.16. The van der Waals surface area contributed by atoms with E-state index in [1.807, 2.05) is 38.1 Å². The second kappa shape index (κ2) is 8.97. The smallest absolute Gasteiger partial charge is 0.251 e. The summed E-state index contributed by atoms with van der Waals surface area (Å²) in [6.45, 7) is 7.05. The Hall–Kier alpha value is -2.38. The molecule has 3 rings (SSSR count). The van der Waals surface area contributed by atoms with Gasteiger partial charge in [-0.3, -0.25) is 4.79 Å². The van der Waals surface area contributed by atoms with Crippen LogP contribution in [0.5, 0.6) is 5.75 Å². The second-order valence-electron chi connectivity index (χ2n) is 7.59. The van der Waals surface area contributed by atoms with Crippen LogP contribution in [0.1, 0.15) is 41.3 Å². The number of sulfonamides is 1. The maximum absolute atomic E-state index is 12.8. The molecule has 2 aromatic carbocycles. The van der Waals surface area contributed by atoms with Crippen molar-refractivity contribution in [1.82, 2.24) is 9.62 Å². The predicted molar refractivity (Wildman–Crippen MR) is 113 cm³/mol. The fourth-order valence-electron chi connectivity index (χ4n) is 3.28. The van der Waals surface area contributed by atoms with Crippen molar-refractivity contribution in [2.45, 2.75) is 44.6 Å². The fourth-order valence-corrected chi connectivity index (χ4v) is 4.83. The molecule has 0 radical (unpaired) electrons. The normalized spacial score (nSPS) is 15.8. The summed E-state index contributed by atoms with van der Waals surface area (Å²) in [5, 5.41) is 2.89. The lowest BCUT2D eigenvalue weighted by Gasteiger charge is -2.18. The van der Waals surface area contributed by atoms with Gasteiger partial charge in [-0.1, -0.05) is 23.8 Å². The Morgan fingerprint density at radius 3 is 2.41 bits per heavy atom. The zero-order valence-electron chi connectivity index (χ0n) is 17.1. The standard InChI is InChI=1S/C22H28N2O4S/c1-16-6-9-19(10-7-16)28-15-18(3)23-22(25)21-14-20(11-8-17(21)2)29(26,27)24-12-4-5-13-24/h6-11,14,18H,4-5,12-13,15H2,1-3H3,(H,23,25)/t18-/m0/s1. The van der Waals surface area contributed by atoms with E-state index in [-0.39, 0.29) is 16.8 Å². The third-order valence-electron chi connectivity index (χ3n) is 5.05. The summed E-state index contributed by atoms with van der Waals surface area (Å²) in [5.74, 6) is 0.438. The average Bonchev–Trinajstić information content (AvgIpc) is 3.23. The molecule has 156 valence electrons. The topological polar surface area (TPSA) is 75.7 Å². The Bertz CT molecular complexity index is 965. The van der Waals surface area contributed by atoms with Gasteiger partial charge in [-0.2, -0.15) is 4.31 Å². The maximum Gasteiger partial charge on any atom is 0.251 e. The van der Waals surface area contributed by atoms with Crippen molar-refractivity contribution in [3.05, 3.63) is 59.2 Å². The summed E-state index contributed by atoms with van der Waals surface area (Å²) >= 11 is 0. The van der Waals surface area contributed by atoms with E-state index in [0.717, 1.165) is 29.7 Å². The number of hydrogen-bond acceptors (Lipinski definition) is 4. The van der Waals surface area contributed by atoms with Gasteiger partial charge in [0.1, 0.15) is 12.4 Å². The maximum atomic E-state index is 12.8. The van der Waals surface area contributed by atoms with Crippen molar-refractivity contribution in [1.29, 1.82) is 0 Å². The van der Waals surface area contributed by atoms with Gasteiger partial charge in [-0.25, -0.2) is 8.42 Å². The molecular formula is C22H28N2O4S. The Labute approximate surface area is 172 Å². The van der Waals surface area contributed by atoms with E-state index < -0.39 is 10.0 Å². The molecule has 1 aliphatic heterocycles. The molecule has 1 heterocycles. The van der Waals surface area contributed by atoms with Gasteiger partial charge in [0.25, 0.3) is 5.91 Å². The number of benzene rings is 2. The van der Waals surface area contributed by atoms with Crippen molar-refractivity contribution < 1.29 is 17.9 Å². The molecule has 1 aliphatic rings. The molecule has 0 spiro atoms. The highest BCUT2D eigenvalue weighted by Crippen LogP contribution is 2.23. The first kappa shape index (κ1) is 21.3. The SMILES string of the molecule is Cc1ccc(OC[C@H](C)NC(=O)c2cc(S(=O)(=O)N3CCCC3)ccc2C)cc1. The Morgan fingerprint density at radius 1 is 1.10 bits per heavy atom. The van der Waals surface area contributed by atoms with E-state index in [9.17, 15) is 13.2 Å². The number of amides is 1. The number of nitrogens with one attached hydrogen (secondary N) is 1. The van der Waals surface area contributed by atoms with Gasteiger partial charge >= 0.3 is 0 Å². The van der Waals surface area contributed by atoms with Crippen molar-refractivity contribution in [3.8, 4) is 5.75 Å². The van der Waals surface area contributed by atoms with E-state index in [4.69, 9.17) is 4.74 Å². The van der Waals surface area contributed by atoms with Gasteiger partial charge < -0.3 is 10.1 Å². The van der Waals surface area contributed by atoms with Gasteiger partial charge in [0.15, 0.2) is 0 Å². The highest BCUT2D eigenvalue weighted by atomic mass is 32.2. The van der Waals surface area contributed by atoms with Gasteiger partial charge in [0, 0.05) is 18.7 Å². The summed E-state index contributed by atoms with van der Waals surface area (Å²) in [6, 6.07) is 12.2. The molecule has 7 heteroatoms. The summed E-state index contributed by atoms with van der Waals surface area (Å²) < 4.78 is 32.8. The zero-order valence-corrected chi connectivity index (χ0v) is 18.0. The number of hydrogen-bond donors (Lipinski definition) is 1. The van der Waals surface area contributed by atoms with Crippen LogP contribution in [-0.2, 0) is 10.0 Å². The molecule has 0 bridgehead atoms. The lowest BCUT2D eigenvalue weighted by atomic mass is 10.1. The van der Waals surface area contributed by atoms with Crippen LogP contribution in [0.2, 0.25) is 0 Å². The number of ether oxygens (including phenoxy) is 1. The molecule has 0 unspecified atom stereocenters. The quantitative estimate of drug-likeness (QED) is 0.752. The van der Waals surface area contributed by atoms with Crippen molar-refractivity contribution in [2.24, 2.45) is 0 Å². The second-order valence-corrected chi connectivity index (χ2v) is 9.52. The summed E-state index contributed by atoms with van der Waals surface area (Å²) in [7, 11) is -3.56. The summed E-state index contributed by atoms with van der Waals surface area (Å²) in [4.78, 5) is 12.9. The molecule has 1 atom stereocenters. The van der Waals surface area contributed by atoms with Crippen LogP contribution < -0.4 is 10.1 Å². The van der Waals surface area contributed by atoms with E-state index in [1.54, 1.807) is 19.1 Å². The minimum atomic E-state index is -3.56. The number of rotatable bonds is 7. The van der Waals surface area contributed by atoms with Gasteiger partial charge in [0.05, 0.1) is 10.9 Å². The number of nitrogens with zero attached hydrogens (tertiary/aromatic N) is 1. The molecule has 0 aliphatic carbocycles. The first-order valence-corrected chi connectivity index (χ1v) is 11.3. The molecule has 6 nitrogen and oxygen atoms in total. The molecule has 2 aromatic rings. The fraction of sp³-hybridized carbons (Fsp3) is 0.409. The van der Waals surface area contributed by atoms with Crippen LogP contribution in [-0.4, -0.2) is 44.4 Å². The van der Waals surface area contributed by atoms with Crippen molar-refractivity contribution in [2.75, 3.05) is 19.7 Å². The van der Waals surface area contributed by atoms with Gasteiger partial charge in [0.2, 0.25) is 10.0 Å². The lowest BCUT2D eigenvalue weighted by Crippen LogP contribution is -2.37. The van der Waals surface area contributed by atoms with Crippen LogP contribution in [0.4, 0.5) is 0 Å². The van der Waals surface area contributed by atoms with E-state index in [0.29, 0.717) is 25.3 Å². The third-order valence-corrected chi connectivity index (χ3v) is 6.95. The minimum absolute atomic E-state index is 0.165. The Kier molecular flexibility index (Phi) is 6.59. The highest BCUT2D eigenvalue weighted by molar-refractivity contribution is 7.89.